The summed E-state index contributed by atoms with van der Waals surface area (Å²) < 4.78 is 5.87. The maximum absolute atomic E-state index is 13.0. The second-order valence-corrected chi connectivity index (χ2v) is 8.13. The molecule has 0 atom stereocenters. The molecule has 0 saturated heterocycles. The molecule has 2 aliphatic heterocycles. The van der Waals surface area contributed by atoms with Gasteiger partial charge in [-0.3, -0.25) is 24.1 Å². The molecule has 4 amide bonds. The maximum atomic E-state index is 13.0. The highest BCUT2D eigenvalue weighted by atomic mass is 16.5. The first-order chi connectivity index (χ1) is 15.8. The molecule has 0 radical (unpaired) electrons. The van der Waals surface area contributed by atoms with Gasteiger partial charge < -0.3 is 10.5 Å². The van der Waals surface area contributed by atoms with Crippen LogP contribution in [0.15, 0.2) is 60.7 Å². The number of amides is 4. The van der Waals surface area contributed by atoms with Crippen molar-refractivity contribution in [1.82, 2.24) is 4.90 Å². The van der Waals surface area contributed by atoms with Crippen LogP contribution in [0.2, 0.25) is 0 Å². The molecule has 8 nitrogen and oxygen atoms in total. The molecule has 0 fully saturated rings. The molecule has 0 saturated carbocycles. The molecule has 0 spiro atoms. The average molecular weight is 441 g/mol. The van der Waals surface area contributed by atoms with Crippen molar-refractivity contribution in [3.05, 3.63) is 82.9 Å². The number of benzene rings is 3. The minimum Gasteiger partial charge on any atom is -0.457 e. The topological polar surface area (TPSA) is 110 Å². The number of carbonyl (C=O) groups is 4. The van der Waals surface area contributed by atoms with Gasteiger partial charge in [0, 0.05) is 11.7 Å². The van der Waals surface area contributed by atoms with Crippen LogP contribution in [-0.4, -0.2) is 34.6 Å². The standard InChI is InChI=1S/C25H19N3O5/c1-13(2)27-22(29)18-9-7-16(11-20(18)24(27)31)33-17-8-10-19-21(12-17)25(32)28(23(19)30)15-5-3-14(26)4-6-15/h3-13H,26H2,1-2H3. The summed E-state index contributed by atoms with van der Waals surface area (Å²) in [7, 11) is 0. The number of imide groups is 2. The van der Waals surface area contributed by atoms with Crippen molar-refractivity contribution in [3.8, 4) is 11.5 Å². The van der Waals surface area contributed by atoms with Crippen molar-refractivity contribution in [2.45, 2.75) is 19.9 Å². The summed E-state index contributed by atoms with van der Waals surface area (Å²) in [6.07, 6.45) is 0. The third-order valence-corrected chi connectivity index (χ3v) is 5.65. The van der Waals surface area contributed by atoms with Crippen LogP contribution < -0.4 is 15.4 Å². The number of nitrogens with zero attached hydrogens (tertiary/aromatic N) is 2. The minimum atomic E-state index is -0.465. The smallest absolute Gasteiger partial charge is 0.266 e. The monoisotopic (exact) mass is 441 g/mol. The van der Waals surface area contributed by atoms with Gasteiger partial charge in [-0.1, -0.05) is 0 Å². The van der Waals surface area contributed by atoms with E-state index in [2.05, 4.69) is 0 Å². The Morgan fingerprint density at radius 2 is 1.15 bits per heavy atom. The van der Waals surface area contributed by atoms with Gasteiger partial charge in [-0.2, -0.15) is 0 Å². The van der Waals surface area contributed by atoms with E-state index in [1.165, 1.54) is 23.1 Å². The zero-order valence-corrected chi connectivity index (χ0v) is 17.9. The van der Waals surface area contributed by atoms with Crippen molar-refractivity contribution < 1.29 is 23.9 Å². The van der Waals surface area contributed by atoms with Gasteiger partial charge in [0.25, 0.3) is 23.6 Å². The highest BCUT2D eigenvalue weighted by molar-refractivity contribution is 6.34. The molecule has 2 heterocycles. The van der Waals surface area contributed by atoms with Crippen molar-refractivity contribution in [1.29, 1.82) is 0 Å². The molecule has 8 heteroatoms. The normalized spacial score (nSPS) is 14.9. The lowest BCUT2D eigenvalue weighted by atomic mass is 10.1. The Morgan fingerprint density at radius 1 is 0.667 bits per heavy atom. The Hall–Kier alpha value is -4.46. The first-order valence-corrected chi connectivity index (χ1v) is 10.3. The molecule has 0 bridgehead atoms. The van der Waals surface area contributed by atoms with Crippen LogP contribution >= 0.6 is 0 Å². The third-order valence-electron chi connectivity index (χ3n) is 5.65. The number of rotatable bonds is 4. The van der Waals surface area contributed by atoms with Crippen LogP contribution in [-0.2, 0) is 0 Å². The predicted molar refractivity (Wildman–Crippen MR) is 121 cm³/mol. The fraction of sp³-hybridized carbons (Fsp3) is 0.120. The molecular weight excluding hydrogens is 422 g/mol. The number of nitrogens with two attached hydrogens (primary N) is 1. The summed E-state index contributed by atoms with van der Waals surface area (Å²) in [5.41, 5.74) is 7.73. The highest BCUT2D eigenvalue weighted by Crippen LogP contribution is 2.34. The predicted octanol–water partition coefficient (Wildman–Crippen LogP) is 3.87. The van der Waals surface area contributed by atoms with Gasteiger partial charge in [0.2, 0.25) is 0 Å². The summed E-state index contributed by atoms with van der Waals surface area (Å²) in [5.74, 6) is -0.932. The van der Waals surface area contributed by atoms with Gasteiger partial charge >= 0.3 is 0 Å². The summed E-state index contributed by atoms with van der Waals surface area (Å²) >= 11 is 0. The van der Waals surface area contributed by atoms with Gasteiger partial charge in [0.1, 0.15) is 11.5 Å². The Kier molecular flexibility index (Phi) is 4.52. The van der Waals surface area contributed by atoms with Crippen molar-refractivity contribution in [2.24, 2.45) is 0 Å². The number of anilines is 2. The molecule has 2 N–H and O–H groups in total. The number of nitrogen functional groups attached to an aromatic ring is 1. The SMILES string of the molecule is CC(C)N1C(=O)c2ccc(Oc3ccc4c(c3)C(=O)N(c3ccc(N)cc3)C4=O)cc2C1=O. The molecule has 3 aromatic rings. The van der Waals surface area contributed by atoms with Crippen LogP contribution in [0.25, 0.3) is 0 Å². The van der Waals surface area contributed by atoms with E-state index in [1.54, 1.807) is 56.3 Å². The van der Waals surface area contributed by atoms with Crippen molar-refractivity contribution in [3.63, 3.8) is 0 Å². The van der Waals surface area contributed by atoms with Gasteiger partial charge in [0.05, 0.1) is 27.9 Å². The number of fused-ring (bicyclic) bond motifs is 2. The largest absolute Gasteiger partial charge is 0.457 e. The van der Waals surface area contributed by atoms with Crippen molar-refractivity contribution >= 4 is 35.0 Å². The van der Waals surface area contributed by atoms with E-state index in [0.717, 1.165) is 4.90 Å². The van der Waals surface area contributed by atoms with Crippen LogP contribution in [0.1, 0.15) is 55.3 Å². The van der Waals surface area contributed by atoms with Crippen LogP contribution in [0, 0.1) is 0 Å². The number of ether oxygens (including phenoxy) is 1. The van der Waals surface area contributed by atoms with E-state index < -0.39 is 11.8 Å². The highest BCUT2D eigenvalue weighted by Gasteiger charge is 2.38. The summed E-state index contributed by atoms with van der Waals surface area (Å²) in [5, 5.41) is 0. The van der Waals surface area contributed by atoms with Crippen LogP contribution in [0.5, 0.6) is 11.5 Å². The van der Waals surface area contributed by atoms with Gasteiger partial charge in [-0.25, -0.2) is 4.90 Å². The number of hydrogen-bond acceptors (Lipinski definition) is 6. The Morgan fingerprint density at radius 3 is 1.73 bits per heavy atom. The summed E-state index contributed by atoms with van der Waals surface area (Å²) in [6.45, 7) is 3.55. The Bertz CT molecular complexity index is 1360. The second-order valence-electron chi connectivity index (χ2n) is 8.13. The maximum Gasteiger partial charge on any atom is 0.266 e. The zero-order chi connectivity index (χ0) is 23.4. The molecule has 2 aliphatic rings. The summed E-state index contributed by atoms with van der Waals surface area (Å²) in [6, 6.07) is 15.5. The van der Waals surface area contributed by atoms with Gasteiger partial charge in [-0.15, -0.1) is 0 Å². The minimum absolute atomic E-state index is 0.215. The second kappa shape index (κ2) is 7.30. The Balaban J connectivity index is 1.43. The first-order valence-electron chi connectivity index (χ1n) is 10.3. The molecular formula is C25H19N3O5. The fourth-order valence-corrected chi connectivity index (χ4v) is 4.05. The average Bonchev–Trinajstić information content (AvgIpc) is 3.18. The molecule has 0 aromatic heterocycles. The van der Waals surface area contributed by atoms with Crippen molar-refractivity contribution in [2.75, 3.05) is 10.6 Å². The van der Waals surface area contributed by atoms with E-state index >= 15 is 0 Å². The van der Waals surface area contributed by atoms with Crippen LogP contribution in [0.4, 0.5) is 11.4 Å². The molecule has 3 aromatic carbocycles. The quantitative estimate of drug-likeness (QED) is 0.486. The fourth-order valence-electron chi connectivity index (χ4n) is 4.05. The number of hydrogen-bond donors (Lipinski definition) is 1. The summed E-state index contributed by atoms with van der Waals surface area (Å²) in [4.78, 5) is 53.2. The van der Waals surface area contributed by atoms with E-state index in [0.29, 0.717) is 28.4 Å². The van der Waals surface area contributed by atoms with E-state index in [9.17, 15) is 19.2 Å². The van der Waals surface area contributed by atoms with E-state index in [1.807, 2.05) is 0 Å². The molecule has 0 unspecified atom stereocenters. The first kappa shape index (κ1) is 20.4. The molecule has 164 valence electrons. The Labute approximate surface area is 189 Å². The number of carbonyl (C=O) groups excluding carboxylic acids is 4. The van der Waals surface area contributed by atoms with Gasteiger partial charge in [-0.05, 0) is 74.5 Å². The molecule has 5 rings (SSSR count). The molecule has 33 heavy (non-hydrogen) atoms. The lowest BCUT2D eigenvalue weighted by molar-refractivity contribution is 0.0608. The van der Waals surface area contributed by atoms with Gasteiger partial charge in [0.15, 0.2) is 0 Å². The lowest BCUT2D eigenvalue weighted by Crippen LogP contribution is -2.35. The zero-order valence-electron chi connectivity index (χ0n) is 17.9. The van der Waals surface area contributed by atoms with E-state index in [4.69, 9.17) is 10.5 Å². The third kappa shape index (κ3) is 3.15. The van der Waals surface area contributed by atoms with Crippen LogP contribution in [0.3, 0.4) is 0 Å². The lowest BCUT2D eigenvalue weighted by Gasteiger charge is -2.17. The molecule has 0 aliphatic carbocycles. The van der Waals surface area contributed by atoms with E-state index in [-0.39, 0.29) is 34.5 Å².